The summed E-state index contributed by atoms with van der Waals surface area (Å²) in [6.45, 7) is 2.15. The number of aromatic nitrogens is 2. The number of aryl methyl sites for hydroxylation is 1. The number of benzene rings is 1. The molecule has 1 aliphatic rings. The van der Waals surface area contributed by atoms with Crippen molar-refractivity contribution in [2.75, 3.05) is 13.1 Å². The Hall–Kier alpha value is -1.13. The zero-order valence-corrected chi connectivity index (χ0v) is 11.9. The number of nitrogens with zero attached hydrogens (tertiary/aromatic N) is 2. The Morgan fingerprint density at radius 2 is 2.17 bits per heavy atom. The van der Waals surface area contributed by atoms with Crippen molar-refractivity contribution in [1.29, 1.82) is 0 Å². The van der Waals surface area contributed by atoms with Crippen molar-refractivity contribution in [3.05, 3.63) is 40.6 Å². The zero-order valence-electron chi connectivity index (χ0n) is 10.4. The first-order chi connectivity index (χ1) is 8.77. The minimum atomic E-state index is 0.569. The van der Waals surface area contributed by atoms with Crippen LogP contribution in [0.25, 0.3) is 11.1 Å². The summed E-state index contributed by atoms with van der Waals surface area (Å²) in [7, 11) is 2.04. The zero-order chi connectivity index (χ0) is 12.5. The van der Waals surface area contributed by atoms with Crippen molar-refractivity contribution in [2.24, 2.45) is 7.05 Å². The van der Waals surface area contributed by atoms with Gasteiger partial charge >= 0.3 is 0 Å². The molecule has 18 heavy (non-hydrogen) atoms. The molecule has 0 bridgehead atoms. The third-order valence-electron chi connectivity index (χ3n) is 3.60. The van der Waals surface area contributed by atoms with Crippen molar-refractivity contribution in [1.82, 2.24) is 15.1 Å². The minimum Gasteiger partial charge on any atom is -0.316 e. The van der Waals surface area contributed by atoms with Gasteiger partial charge in [-0.3, -0.25) is 4.68 Å². The second-order valence-corrected chi connectivity index (χ2v) is 5.59. The molecular weight excluding hydrogens is 290 g/mol. The van der Waals surface area contributed by atoms with E-state index >= 15 is 0 Å². The van der Waals surface area contributed by atoms with E-state index in [0.29, 0.717) is 5.92 Å². The topological polar surface area (TPSA) is 29.9 Å². The first-order valence-electron chi connectivity index (χ1n) is 6.25. The van der Waals surface area contributed by atoms with Gasteiger partial charge in [-0.1, -0.05) is 34.1 Å². The molecule has 2 aromatic rings. The fraction of sp³-hybridized carbons (Fsp3) is 0.357. The second kappa shape index (κ2) is 4.86. The summed E-state index contributed by atoms with van der Waals surface area (Å²) in [4.78, 5) is 0. The standard InChI is InChI=1S/C14H16BrN3/c1-18-14(10-6-7-16-8-10)12(9-17-18)11-4-2-3-5-13(11)15/h2-5,9-10,16H,6-8H2,1H3. The fourth-order valence-electron chi connectivity index (χ4n) is 2.71. The molecule has 0 spiro atoms. The molecule has 1 N–H and O–H groups in total. The fourth-order valence-corrected chi connectivity index (χ4v) is 3.20. The molecule has 1 aliphatic heterocycles. The Morgan fingerprint density at radius 3 is 2.89 bits per heavy atom. The Balaban J connectivity index is 2.10. The lowest BCUT2D eigenvalue weighted by molar-refractivity contribution is 0.638. The highest BCUT2D eigenvalue weighted by molar-refractivity contribution is 9.10. The van der Waals surface area contributed by atoms with Gasteiger partial charge in [0.05, 0.1) is 11.9 Å². The summed E-state index contributed by atoms with van der Waals surface area (Å²) in [6.07, 6.45) is 3.17. The van der Waals surface area contributed by atoms with E-state index < -0.39 is 0 Å². The molecule has 2 heterocycles. The van der Waals surface area contributed by atoms with Crippen LogP contribution >= 0.6 is 15.9 Å². The summed E-state index contributed by atoms with van der Waals surface area (Å²) in [5.41, 5.74) is 3.82. The van der Waals surface area contributed by atoms with Gasteiger partial charge in [0.15, 0.2) is 0 Å². The Bertz CT molecular complexity index is 556. The molecule has 0 aliphatic carbocycles. The number of hydrogen-bond donors (Lipinski definition) is 1. The van der Waals surface area contributed by atoms with Gasteiger partial charge in [0.2, 0.25) is 0 Å². The van der Waals surface area contributed by atoms with Crippen LogP contribution in [0.5, 0.6) is 0 Å². The molecule has 94 valence electrons. The maximum atomic E-state index is 4.45. The van der Waals surface area contributed by atoms with E-state index in [0.717, 1.165) is 17.6 Å². The van der Waals surface area contributed by atoms with Gasteiger partial charge in [-0.2, -0.15) is 5.10 Å². The van der Waals surface area contributed by atoms with Gasteiger partial charge in [0, 0.05) is 29.5 Å². The van der Waals surface area contributed by atoms with E-state index in [1.54, 1.807) is 0 Å². The van der Waals surface area contributed by atoms with E-state index in [-0.39, 0.29) is 0 Å². The molecule has 0 radical (unpaired) electrons. The largest absolute Gasteiger partial charge is 0.316 e. The molecular formula is C14H16BrN3. The average Bonchev–Trinajstić information content (AvgIpc) is 2.98. The predicted molar refractivity (Wildman–Crippen MR) is 76.6 cm³/mol. The highest BCUT2D eigenvalue weighted by Crippen LogP contribution is 2.35. The molecule has 1 unspecified atom stereocenters. The van der Waals surface area contributed by atoms with E-state index in [2.05, 4.69) is 44.5 Å². The summed E-state index contributed by atoms with van der Waals surface area (Å²) in [5.74, 6) is 0.569. The first kappa shape index (κ1) is 11.9. The van der Waals surface area contributed by atoms with E-state index in [1.165, 1.54) is 23.2 Å². The number of halogens is 1. The molecule has 1 aromatic heterocycles. The van der Waals surface area contributed by atoms with Crippen LogP contribution < -0.4 is 5.32 Å². The molecule has 1 aromatic carbocycles. The monoisotopic (exact) mass is 305 g/mol. The average molecular weight is 306 g/mol. The molecule has 1 atom stereocenters. The normalized spacial score (nSPS) is 19.3. The van der Waals surface area contributed by atoms with Crippen LogP contribution in [0.4, 0.5) is 0 Å². The summed E-state index contributed by atoms with van der Waals surface area (Å²) < 4.78 is 3.15. The third-order valence-corrected chi connectivity index (χ3v) is 4.29. The second-order valence-electron chi connectivity index (χ2n) is 4.74. The molecule has 3 rings (SSSR count). The number of rotatable bonds is 2. The van der Waals surface area contributed by atoms with Crippen LogP contribution in [-0.4, -0.2) is 22.9 Å². The maximum absolute atomic E-state index is 4.45. The van der Waals surface area contributed by atoms with Crippen LogP contribution in [0.15, 0.2) is 34.9 Å². The molecule has 0 amide bonds. The van der Waals surface area contributed by atoms with E-state index in [9.17, 15) is 0 Å². The van der Waals surface area contributed by atoms with Crippen LogP contribution in [0.2, 0.25) is 0 Å². The van der Waals surface area contributed by atoms with Gasteiger partial charge in [-0.05, 0) is 24.6 Å². The quantitative estimate of drug-likeness (QED) is 0.924. The van der Waals surface area contributed by atoms with Crippen molar-refractivity contribution in [3.8, 4) is 11.1 Å². The summed E-state index contributed by atoms with van der Waals surface area (Å²) in [5, 5.41) is 7.88. The SMILES string of the molecule is Cn1ncc(-c2ccccc2Br)c1C1CCNC1. The van der Waals surface area contributed by atoms with Crippen molar-refractivity contribution < 1.29 is 0 Å². The molecule has 1 saturated heterocycles. The maximum Gasteiger partial charge on any atom is 0.0571 e. The smallest absolute Gasteiger partial charge is 0.0571 e. The lowest BCUT2D eigenvalue weighted by Crippen LogP contribution is -2.11. The predicted octanol–water partition coefficient (Wildman–Crippen LogP) is 2.93. The van der Waals surface area contributed by atoms with Gasteiger partial charge in [0.25, 0.3) is 0 Å². The van der Waals surface area contributed by atoms with Crippen LogP contribution in [-0.2, 0) is 7.05 Å². The lowest BCUT2D eigenvalue weighted by atomic mass is 9.96. The van der Waals surface area contributed by atoms with Crippen molar-refractivity contribution >= 4 is 15.9 Å². The molecule has 4 heteroatoms. The highest BCUT2D eigenvalue weighted by Gasteiger charge is 2.24. The van der Waals surface area contributed by atoms with E-state index in [4.69, 9.17) is 0 Å². The van der Waals surface area contributed by atoms with Crippen molar-refractivity contribution in [2.45, 2.75) is 12.3 Å². The molecule has 1 fully saturated rings. The summed E-state index contributed by atoms with van der Waals surface area (Å²) in [6, 6.07) is 8.34. The Kier molecular flexibility index (Phi) is 3.22. The Labute approximate surface area is 115 Å². The van der Waals surface area contributed by atoms with Crippen molar-refractivity contribution in [3.63, 3.8) is 0 Å². The lowest BCUT2D eigenvalue weighted by Gasteiger charge is -2.13. The van der Waals surface area contributed by atoms with Gasteiger partial charge in [-0.15, -0.1) is 0 Å². The number of hydrogen-bond acceptors (Lipinski definition) is 2. The molecule has 0 saturated carbocycles. The summed E-state index contributed by atoms with van der Waals surface area (Å²) >= 11 is 3.63. The van der Waals surface area contributed by atoms with Gasteiger partial charge in [0.1, 0.15) is 0 Å². The third kappa shape index (κ3) is 1.99. The van der Waals surface area contributed by atoms with E-state index in [1.807, 2.05) is 24.0 Å². The Morgan fingerprint density at radius 1 is 1.33 bits per heavy atom. The van der Waals surface area contributed by atoms with Crippen LogP contribution in [0.1, 0.15) is 18.0 Å². The highest BCUT2D eigenvalue weighted by atomic mass is 79.9. The van der Waals surface area contributed by atoms with Crippen LogP contribution in [0, 0.1) is 0 Å². The molecule has 3 nitrogen and oxygen atoms in total. The minimum absolute atomic E-state index is 0.569. The first-order valence-corrected chi connectivity index (χ1v) is 7.04. The van der Waals surface area contributed by atoms with Gasteiger partial charge in [-0.25, -0.2) is 0 Å². The number of nitrogens with one attached hydrogen (secondary N) is 1. The van der Waals surface area contributed by atoms with Gasteiger partial charge < -0.3 is 5.32 Å². The van der Waals surface area contributed by atoms with Crippen LogP contribution in [0.3, 0.4) is 0 Å².